The molecule has 15 heavy (non-hydrogen) atoms. The Balaban J connectivity index is 2.83. The molecule has 1 aliphatic rings. The summed E-state index contributed by atoms with van der Waals surface area (Å²) >= 11 is 0. The molecule has 1 saturated heterocycles. The predicted molar refractivity (Wildman–Crippen MR) is 57.5 cm³/mol. The molecular formula is C9H18N2O3S. The molecule has 0 aromatic carbocycles. The average Bonchev–Trinajstić information content (AvgIpc) is 2.17. The fourth-order valence-electron chi connectivity index (χ4n) is 1.86. The summed E-state index contributed by atoms with van der Waals surface area (Å²) in [4.78, 5) is 11.0. The van der Waals surface area contributed by atoms with Gasteiger partial charge in [-0.05, 0) is 26.7 Å². The molecule has 0 spiro atoms. The molecule has 88 valence electrons. The Morgan fingerprint density at radius 3 is 2.53 bits per heavy atom. The summed E-state index contributed by atoms with van der Waals surface area (Å²) < 4.78 is 24.8. The van der Waals surface area contributed by atoms with E-state index in [2.05, 4.69) is 0 Å². The number of nitrogens with zero attached hydrogens (tertiary/aromatic N) is 1. The standard InChI is InChI=1S/C9H18N2O3S/c1-3-15(13,14)11-6-8(9(10)12)5-4-7(11)2/h7-8H,3-6H2,1-2H3,(H2,10,12). The van der Waals surface area contributed by atoms with Crippen molar-refractivity contribution in [3.63, 3.8) is 0 Å². The molecule has 0 aromatic rings. The van der Waals surface area contributed by atoms with Gasteiger partial charge in [0.05, 0.1) is 11.7 Å². The van der Waals surface area contributed by atoms with Gasteiger partial charge >= 0.3 is 0 Å². The van der Waals surface area contributed by atoms with E-state index in [0.29, 0.717) is 12.8 Å². The molecule has 0 bridgehead atoms. The number of rotatable bonds is 3. The zero-order chi connectivity index (χ0) is 11.6. The molecule has 1 aliphatic heterocycles. The number of piperidine rings is 1. The lowest BCUT2D eigenvalue weighted by Gasteiger charge is -2.35. The summed E-state index contributed by atoms with van der Waals surface area (Å²) in [6, 6.07) is -0.0226. The van der Waals surface area contributed by atoms with Crippen LogP contribution in [0, 0.1) is 5.92 Å². The van der Waals surface area contributed by atoms with Gasteiger partial charge in [-0.2, -0.15) is 4.31 Å². The highest BCUT2D eigenvalue weighted by Gasteiger charge is 2.34. The van der Waals surface area contributed by atoms with E-state index in [1.54, 1.807) is 6.92 Å². The normalized spacial score (nSPS) is 28.9. The number of primary amides is 1. The first-order chi connectivity index (χ1) is 6.88. The number of amides is 1. The molecule has 2 N–H and O–H groups in total. The van der Waals surface area contributed by atoms with Crippen LogP contribution in [-0.2, 0) is 14.8 Å². The van der Waals surface area contributed by atoms with Crippen molar-refractivity contribution in [3.8, 4) is 0 Å². The van der Waals surface area contributed by atoms with Gasteiger partial charge in [-0.3, -0.25) is 4.79 Å². The van der Waals surface area contributed by atoms with Crippen molar-refractivity contribution < 1.29 is 13.2 Å². The van der Waals surface area contributed by atoms with Crippen LogP contribution in [0.25, 0.3) is 0 Å². The van der Waals surface area contributed by atoms with Gasteiger partial charge in [0.2, 0.25) is 15.9 Å². The van der Waals surface area contributed by atoms with E-state index in [0.717, 1.165) is 0 Å². The molecule has 1 rings (SSSR count). The summed E-state index contributed by atoms with van der Waals surface area (Å²) in [5, 5.41) is 0. The van der Waals surface area contributed by atoms with Crippen LogP contribution >= 0.6 is 0 Å². The maximum atomic E-state index is 11.7. The fourth-order valence-corrected chi connectivity index (χ4v) is 3.25. The number of hydrogen-bond acceptors (Lipinski definition) is 3. The van der Waals surface area contributed by atoms with Gasteiger partial charge in [-0.25, -0.2) is 8.42 Å². The largest absolute Gasteiger partial charge is 0.369 e. The number of nitrogens with two attached hydrogens (primary N) is 1. The van der Waals surface area contributed by atoms with E-state index in [4.69, 9.17) is 5.73 Å². The van der Waals surface area contributed by atoms with Crippen molar-refractivity contribution in [2.24, 2.45) is 11.7 Å². The molecule has 1 fully saturated rings. The molecule has 6 heteroatoms. The summed E-state index contributed by atoms with van der Waals surface area (Å²) in [5.74, 6) is -0.663. The van der Waals surface area contributed by atoms with E-state index in [-0.39, 0.29) is 24.3 Å². The van der Waals surface area contributed by atoms with E-state index in [1.165, 1.54) is 4.31 Å². The van der Waals surface area contributed by atoms with Gasteiger partial charge in [0.15, 0.2) is 0 Å². The zero-order valence-corrected chi connectivity index (χ0v) is 9.96. The van der Waals surface area contributed by atoms with Gasteiger partial charge in [0.25, 0.3) is 0 Å². The quantitative estimate of drug-likeness (QED) is 0.741. The van der Waals surface area contributed by atoms with Crippen LogP contribution in [0.3, 0.4) is 0 Å². The Labute approximate surface area is 90.7 Å². The van der Waals surface area contributed by atoms with Gasteiger partial charge in [0, 0.05) is 12.6 Å². The van der Waals surface area contributed by atoms with Crippen LogP contribution in [0.1, 0.15) is 26.7 Å². The van der Waals surface area contributed by atoms with E-state index in [9.17, 15) is 13.2 Å². The highest BCUT2D eigenvalue weighted by molar-refractivity contribution is 7.89. The van der Waals surface area contributed by atoms with Crippen LogP contribution in [0.15, 0.2) is 0 Å². The molecule has 5 nitrogen and oxygen atoms in total. The maximum absolute atomic E-state index is 11.7. The topological polar surface area (TPSA) is 80.5 Å². The average molecular weight is 234 g/mol. The smallest absolute Gasteiger partial charge is 0.221 e. The minimum absolute atomic E-state index is 0.0226. The van der Waals surface area contributed by atoms with Gasteiger partial charge in [-0.15, -0.1) is 0 Å². The second kappa shape index (κ2) is 4.49. The second-order valence-corrected chi connectivity index (χ2v) is 6.21. The van der Waals surface area contributed by atoms with Gasteiger partial charge in [-0.1, -0.05) is 0 Å². The first kappa shape index (κ1) is 12.4. The first-order valence-corrected chi connectivity index (χ1v) is 6.78. The number of hydrogen-bond donors (Lipinski definition) is 1. The van der Waals surface area contributed by atoms with Crippen LogP contribution in [0.5, 0.6) is 0 Å². The number of sulfonamides is 1. The molecule has 2 atom stereocenters. The Morgan fingerprint density at radius 2 is 2.07 bits per heavy atom. The van der Waals surface area contributed by atoms with E-state index < -0.39 is 15.9 Å². The lowest BCUT2D eigenvalue weighted by atomic mass is 9.95. The molecule has 0 radical (unpaired) electrons. The molecule has 1 heterocycles. The summed E-state index contributed by atoms with van der Waals surface area (Å²) in [6.45, 7) is 3.72. The number of carbonyl (C=O) groups is 1. The molecule has 0 saturated carbocycles. The van der Waals surface area contributed by atoms with E-state index in [1.807, 2.05) is 6.92 Å². The number of carbonyl (C=O) groups excluding carboxylic acids is 1. The highest BCUT2D eigenvalue weighted by atomic mass is 32.2. The van der Waals surface area contributed by atoms with Crippen molar-refractivity contribution in [1.82, 2.24) is 4.31 Å². The minimum atomic E-state index is -3.21. The SMILES string of the molecule is CCS(=O)(=O)N1CC(C(N)=O)CCC1C. The van der Waals surface area contributed by atoms with Crippen LogP contribution in [0.4, 0.5) is 0 Å². The molecule has 2 unspecified atom stereocenters. The van der Waals surface area contributed by atoms with Crippen molar-refractivity contribution in [2.45, 2.75) is 32.7 Å². The van der Waals surface area contributed by atoms with Crippen LogP contribution in [-0.4, -0.2) is 37.0 Å². The molecule has 0 aromatic heterocycles. The van der Waals surface area contributed by atoms with Crippen LogP contribution in [0.2, 0.25) is 0 Å². The highest BCUT2D eigenvalue weighted by Crippen LogP contribution is 2.24. The Morgan fingerprint density at radius 1 is 1.47 bits per heavy atom. The van der Waals surface area contributed by atoms with Crippen molar-refractivity contribution in [2.75, 3.05) is 12.3 Å². The Kier molecular flexibility index (Phi) is 3.72. The minimum Gasteiger partial charge on any atom is -0.369 e. The molecular weight excluding hydrogens is 216 g/mol. The third kappa shape index (κ3) is 2.69. The van der Waals surface area contributed by atoms with E-state index >= 15 is 0 Å². The maximum Gasteiger partial charge on any atom is 0.221 e. The zero-order valence-electron chi connectivity index (χ0n) is 9.14. The van der Waals surface area contributed by atoms with Crippen molar-refractivity contribution in [3.05, 3.63) is 0 Å². The van der Waals surface area contributed by atoms with Crippen LogP contribution < -0.4 is 5.73 Å². The van der Waals surface area contributed by atoms with Crippen molar-refractivity contribution in [1.29, 1.82) is 0 Å². The lowest BCUT2D eigenvalue weighted by Crippen LogP contribution is -2.48. The first-order valence-electron chi connectivity index (χ1n) is 5.17. The predicted octanol–water partition coefficient (Wildman–Crippen LogP) is -0.0781. The Hall–Kier alpha value is -0.620. The van der Waals surface area contributed by atoms with Gasteiger partial charge in [0.1, 0.15) is 0 Å². The summed E-state index contributed by atoms with van der Waals surface area (Å²) in [5.41, 5.74) is 5.20. The fraction of sp³-hybridized carbons (Fsp3) is 0.889. The third-order valence-corrected chi connectivity index (χ3v) is 4.90. The lowest BCUT2D eigenvalue weighted by molar-refractivity contribution is -0.123. The molecule has 1 amide bonds. The Bertz CT molecular complexity index is 339. The van der Waals surface area contributed by atoms with Gasteiger partial charge < -0.3 is 5.73 Å². The second-order valence-electron chi connectivity index (χ2n) is 4.00. The monoisotopic (exact) mass is 234 g/mol. The molecule has 0 aliphatic carbocycles. The summed E-state index contributed by atoms with van der Waals surface area (Å²) in [7, 11) is -3.21. The summed E-state index contributed by atoms with van der Waals surface area (Å²) in [6.07, 6.45) is 1.39. The van der Waals surface area contributed by atoms with Crippen molar-refractivity contribution >= 4 is 15.9 Å². The third-order valence-electron chi connectivity index (χ3n) is 2.95.